The van der Waals surface area contributed by atoms with Crippen molar-refractivity contribution in [2.75, 3.05) is 0 Å². The second kappa shape index (κ2) is 4.22. The number of aliphatic hydroxyl groups excluding tert-OH is 1. The lowest BCUT2D eigenvalue weighted by Gasteiger charge is -2.25. The second-order valence-corrected chi connectivity index (χ2v) is 6.44. The highest BCUT2D eigenvalue weighted by Gasteiger charge is 2.37. The van der Waals surface area contributed by atoms with Crippen LogP contribution < -0.4 is 0 Å². The number of hydrogen-bond donors (Lipinski definition) is 1. The van der Waals surface area contributed by atoms with Gasteiger partial charge in [0.2, 0.25) is 0 Å². The number of rotatable bonds is 2. The Kier molecular flexibility index (Phi) is 3.63. The predicted molar refractivity (Wildman–Crippen MR) is 61.1 cm³/mol. The minimum atomic E-state index is -0.0488. The van der Waals surface area contributed by atoms with Gasteiger partial charge in [0.05, 0.1) is 6.10 Å². The summed E-state index contributed by atoms with van der Waals surface area (Å²) in [5.41, 5.74) is 0.408. The SMILES string of the molecule is CC1CC(C)C(CCC(C)(C)C)C1O. The average molecular weight is 198 g/mol. The molecule has 1 aliphatic rings. The molecule has 4 unspecified atom stereocenters. The van der Waals surface area contributed by atoms with E-state index in [9.17, 15) is 5.11 Å². The summed E-state index contributed by atoms with van der Waals surface area (Å²) in [4.78, 5) is 0. The normalized spacial score (nSPS) is 39.0. The van der Waals surface area contributed by atoms with E-state index >= 15 is 0 Å². The maximum atomic E-state index is 10.0. The first-order chi connectivity index (χ1) is 6.31. The van der Waals surface area contributed by atoms with E-state index in [0.717, 1.165) is 0 Å². The van der Waals surface area contributed by atoms with Gasteiger partial charge in [0, 0.05) is 0 Å². The van der Waals surface area contributed by atoms with Crippen molar-refractivity contribution in [2.45, 2.75) is 60.0 Å². The van der Waals surface area contributed by atoms with Gasteiger partial charge in [0.15, 0.2) is 0 Å². The average Bonchev–Trinajstić information content (AvgIpc) is 2.23. The van der Waals surface area contributed by atoms with Crippen LogP contribution in [0.2, 0.25) is 0 Å². The first kappa shape index (κ1) is 12.0. The van der Waals surface area contributed by atoms with Gasteiger partial charge in [-0.25, -0.2) is 0 Å². The van der Waals surface area contributed by atoms with E-state index < -0.39 is 0 Å². The lowest BCUT2D eigenvalue weighted by molar-refractivity contribution is 0.0797. The van der Waals surface area contributed by atoms with Crippen molar-refractivity contribution in [2.24, 2.45) is 23.2 Å². The lowest BCUT2D eigenvalue weighted by Crippen LogP contribution is -2.22. The van der Waals surface area contributed by atoms with E-state index in [0.29, 0.717) is 23.2 Å². The van der Waals surface area contributed by atoms with Crippen LogP contribution in [0.4, 0.5) is 0 Å². The van der Waals surface area contributed by atoms with E-state index in [1.807, 2.05) is 0 Å². The molecular weight excluding hydrogens is 172 g/mol. The molecule has 0 aromatic heterocycles. The zero-order chi connectivity index (χ0) is 10.9. The van der Waals surface area contributed by atoms with Gasteiger partial charge in [-0.05, 0) is 42.4 Å². The maximum Gasteiger partial charge on any atom is 0.0596 e. The molecule has 0 aromatic carbocycles. The third-order valence-electron chi connectivity index (χ3n) is 3.72. The van der Waals surface area contributed by atoms with Gasteiger partial charge < -0.3 is 5.11 Å². The Labute approximate surface area is 88.9 Å². The van der Waals surface area contributed by atoms with Gasteiger partial charge in [-0.15, -0.1) is 0 Å². The largest absolute Gasteiger partial charge is 0.393 e. The molecule has 1 heteroatoms. The summed E-state index contributed by atoms with van der Waals surface area (Å²) in [6.07, 6.45) is 3.57. The van der Waals surface area contributed by atoms with Crippen LogP contribution in [0.25, 0.3) is 0 Å². The standard InChI is InChI=1S/C13H26O/c1-9-8-10(2)12(14)11(9)6-7-13(3,4)5/h9-12,14H,6-8H2,1-5H3. The van der Waals surface area contributed by atoms with Crippen molar-refractivity contribution in [1.82, 2.24) is 0 Å². The van der Waals surface area contributed by atoms with Gasteiger partial charge in [0.1, 0.15) is 0 Å². The van der Waals surface area contributed by atoms with Gasteiger partial charge in [0.25, 0.3) is 0 Å². The summed E-state index contributed by atoms with van der Waals surface area (Å²) in [7, 11) is 0. The summed E-state index contributed by atoms with van der Waals surface area (Å²) in [5.74, 6) is 1.77. The maximum absolute atomic E-state index is 10.0. The molecule has 0 heterocycles. The first-order valence-electron chi connectivity index (χ1n) is 5.99. The molecule has 84 valence electrons. The van der Waals surface area contributed by atoms with Gasteiger partial charge in [-0.2, -0.15) is 0 Å². The van der Waals surface area contributed by atoms with Crippen molar-refractivity contribution >= 4 is 0 Å². The molecule has 0 aliphatic heterocycles. The van der Waals surface area contributed by atoms with Gasteiger partial charge in [-0.1, -0.05) is 34.6 Å². The van der Waals surface area contributed by atoms with E-state index in [1.54, 1.807) is 0 Å². The molecule has 1 aliphatic carbocycles. The molecule has 1 saturated carbocycles. The Balaban J connectivity index is 2.44. The molecule has 4 atom stereocenters. The summed E-state index contributed by atoms with van der Waals surface area (Å²) in [6, 6.07) is 0. The Morgan fingerprint density at radius 3 is 2.07 bits per heavy atom. The Morgan fingerprint density at radius 1 is 1.14 bits per heavy atom. The van der Waals surface area contributed by atoms with E-state index in [4.69, 9.17) is 0 Å². The summed E-state index contributed by atoms with van der Waals surface area (Å²) in [6.45, 7) is 11.3. The molecule has 0 amide bonds. The van der Waals surface area contributed by atoms with Crippen molar-refractivity contribution < 1.29 is 5.11 Å². The van der Waals surface area contributed by atoms with E-state index in [2.05, 4.69) is 34.6 Å². The Hall–Kier alpha value is -0.0400. The van der Waals surface area contributed by atoms with Crippen LogP contribution in [0.5, 0.6) is 0 Å². The molecule has 0 spiro atoms. The zero-order valence-electron chi connectivity index (χ0n) is 10.4. The molecule has 0 bridgehead atoms. The molecular formula is C13H26O. The van der Waals surface area contributed by atoms with Gasteiger partial charge in [-0.3, -0.25) is 0 Å². The van der Waals surface area contributed by atoms with Crippen LogP contribution in [0, 0.1) is 23.2 Å². The molecule has 1 N–H and O–H groups in total. The second-order valence-electron chi connectivity index (χ2n) is 6.44. The molecule has 0 saturated heterocycles. The van der Waals surface area contributed by atoms with E-state index in [-0.39, 0.29) is 6.10 Å². The van der Waals surface area contributed by atoms with Crippen LogP contribution in [-0.2, 0) is 0 Å². The van der Waals surface area contributed by atoms with Crippen molar-refractivity contribution in [3.63, 3.8) is 0 Å². The Morgan fingerprint density at radius 2 is 1.71 bits per heavy atom. The van der Waals surface area contributed by atoms with Crippen LogP contribution >= 0.6 is 0 Å². The van der Waals surface area contributed by atoms with Crippen molar-refractivity contribution in [3.05, 3.63) is 0 Å². The quantitative estimate of drug-likeness (QED) is 0.720. The molecule has 0 aromatic rings. The van der Waals surface area contributed by atoms with E-state index in [1.165, 1.54) is 19.3 Å². The topological polar surface area (TPSA) is 20.2 Å². The summed E-state index contributed by atoms with van der Waals surface area (Å²) in [5, 5.41) is 10.0. The fourth-order valence-corrected chi connectivity index (χ4v) is 2.71. The summed E-state index contributed by atoms with van der Waals surface area (Å²) < 4.78 is 0. The Bertz CT molecular complexity index is 180. The monoisotopic (exact) mass is 198 g/mol. The fourth-order valence-electron chi connectivity index (χ4n) is 2.71. The highest BCUT2D eigenvalue weighted by molar-refractivity contribution is 4.87. The smallest absolute Gasteiger partial charge is 0.0596 e. The number of hydrogen-bond acceptors (Lipinski definition) is 1. The van der Waals surface area contributed by atoms with Crippen LogP contribution in [0.15, 0.2) is 0 Å². The van der Waals surface area contributed by atoms with Crippen LogP contribution in [-0.4, -0.2) is 11.2 Å². The third-order valence-corrected chi connectivity index (χ3v) is 3.72. The van der Waals surface area contributed by atoms with Crippen molar-refractivity contribution in [1.29, 1.82) is 0 Å². The molecule has 1 rings (SSSR count). The number of aliphatic hydroxyl groups is 1. The fraction of sp³-hybridized carbons (Fsp3) is 1.00. The van der Waals surface area contributed by atoms with Crippen molar-refractivity contribution in [3.8, 4) is 0 Å². The summed E-state index contributed by atoms with van der Waals surface area (Å²) >= 11 is 0. The van der Waals surface area contributed by atoms with Gasteiger partial charge >= 0.3 is 0 Å². The molecule has 0 radical (unpaired) electrons. The van der Waals surface area contributed by atoms with Crippen LogP contribution in [0.1, 0.15) is 53.9 Å². The third kappa shape index (κ3) is 2.98. The minimum Gasteiger partial charge on any atom is -0.393 e. The molecule has 1 nitrogen and oxygen atoms in total. The zero-order valence-corrected chi connectivity index (χ0v) is 10.4. The highest BCUT2D eigenvalue weighted by atomic mass is 16.3. The van der Waals surface area contributed by atoms with Crippen LogP contribution in [0.3, 0.4) is 0 Å². The minimum absolute atomic E-state index is 0.0488. The molecule has 14 heavy (non-hydrogen) atoms. The first-order valence-corrected chi connectivity index (χ1v) is 5.99. The lowest BCUT2D eigenvalue weighted by atomic mass is 9.83. The predicted octanol–water partition coefficient (Wildman–Crippen LogP) is 3.47. The highest BCUT2D eigenvalue weighted by Crippen LogP contribution is 2.40. The molecule has 1 fully saturated rings.